The Morgan fingerprint density at radius 2 is 1.68 bits per heavy atom. The summed E-state index contributed by atoms with van der Waals surface area (Å²) in [6, 6.07) is 14.4. The average molecular weight is 439 g/mol. The van der Waals surface area contributed by atoms with Crippen LogP contribution >= 0.6 is 11.8 Å². The second-order valence-corrected chi connectivity index (χ2v) is 10.3. The van der Waals surface area contributed by atoms with Gasteiger partial charge in [-0.1, -0.05) is 48.5 Å². The molecular formula is C23H22N2O5S. The predicted molar refractivity (Wildman–Crippen MR) is 116 cm³/mol. The number of carbonyl (C=O) groups is 3. The standard InChI is InChI=1S/C23H22N2O5S/c1-23(2)18(21(27)28)25-19(26)17(20(25)31-23)24-22(29)30-11-16-14-9-5-3-7-12(14)13-8-4-6-10-15(13)16/h3-10,16-18,20H,11H2,1-2H3,(H,24,29)(H,27,28)/t17-,18+,20-/m1/s1. The summed E-state index contributed by atoms with van der Waals surface area (Å²) in [4.78, 5) is 38.0. The van der Waals surface area contributed by atoms with Crippen LogP contribution in [0.15, 0.2) is 48.5 Å². The lowest BCUT2D eigenvalue weighted by molar-refractivity contribution is -0.160. The van der Waals surface area contributed by atoms with Gasteiger partial charge in [0.1, 0.15) is 24.1 Å². The third kappa shape index (κ3) is 3.00. The smallest absolute Gasteiger partial charge is 0.407 e. The van der Waals surface area contributed by atoms with Gasteiger partial charge < -0.3 is 20.1 Å². The molecule has 2 N–H and O–H groups in total. The fourth-order valence-electron chi connectivity index (χ4n) is 4.91. The van der Waals surface area contributed by atoms with E-state index in [1.165, 1.54) is 16.7 Å². The van der Waals surface area contributed by atoms with Crippen LogP contribution in [-0.2, 0) is 14.3 Å². The van der Waals surface area contributed by atoms with E-state index < -0.39 is 34.3 Å². The van der Waals surface area contributed by atoms with Crippen LogP contribution in [0.25, 0.3) is 11.1 Å². The molecule has 2 heterocycles. The number of hydrogen-bond acceptors (Lipinski definition) is 5. The van der Waals surface area contributed by atoms with E-state index in [4.69, 9.17) is 4.74 Å². The molecule has 2 amide bonds. The van der Waals surface area contributed by atoms with E-state index in [2.05, 4.69) is 17.4 Å². The van der Waals surface area contributed by atoms with E-state index in [9.17, 15) is 19.5 Å². The van der Waals surface area contributed by atoms with Crippen molar-refractivity contribution in [2.24, 2.45) is 0 Å². The van der Waals surface area contributed by atoms with Crippen LogP contribution in [0.5, 0.6) is 0 Å². The highest BCUT2D eigenvalue weighted by molar-refractivity contribution is 8.01. The number of carboxylic acids is 1. The summed E-state index contributed by atoms with van der Waals surface area (Å²) in [7, 11) is 0. The second kappa shape index (κ2) is 7.02. The van der Waals surface area contributed by atoms with Crippen molar-refractivity contribution in [1.82, 2.24) is 10.2 Å². The zero-order valence-corrected chi connectivity index (χ0v) is 17.9. The minimum absolute atomic E-state index is 0.0667. The molecule has 31 heavy (non-hydrogen) atoms. The number of β-lactam (4-membered cyclic amide) rings is 1. The molecule has 1 aliphatic carbocycles. The second-order valence-electron chi connectivity index (χ2n) is 8.55. The molecule has 0 saturated carbocycles. The zero-order chi connectivity index (χ0) is 21.9. The topological polar surface area (TPSA) is 95.9 Å². The normalized spacial score (nSPS) is 25.3. The number of fused-ring (bicyclic) bond motifs is 4. The molecule has 0 unspecified atom stereocenters. The van der Waals surface area contributed by atoms with Gasteiger partial charge in [0.05, 0.1) is 0 Å². The Balaban J connectivity index is 1.26. The summed E-state index contributed by atoms with van der Waals surface area (Å²) >= 11 is 1.39. The number of aliphatic carboxylic acids is 1. The van der Waals surface area contributed by atoms with E-state index in [1.807, 2.05) is 36.4 Å². The summed E-state index contributed by atoms with van der Waals surface area (Å²) in [6.07, 6.45) is -0.669. The zero-order valence-electron chi connectivity index (χ0n) is 17.1. The average Bonchev–Trinajstić information content (AvgIpc) is 3.20. The van der Waals surface area contributed by atoms with Gasteiger partial charge in [0, 0.05) is 10.7 Å². The molecule has 0 spiro atoms. The van der Waals surface area contributed by atoms with Crippen molar-refractivity contribution in [3.63, 3.8) is 0 Å². The number of nitrogens with zero attached hydrogens (tertiary/aromatic N) is 1. The molecule has 3 aliphatic rings. The molecular weight excluding hydrogens is 416 g/mol. The molecule has 0 radical (unpaired) electrons. The van der Waals surface area contributed by atoms with Crippen LogP contribution in [0, 0.1) is 0 Å². The molecule has 2 aromatic rings. The Bertz CT molecular complexity index is 1060. The number of rotatable bonds is 4. The minimum atomic E-state index is -1.03. The fourth-order valence-corrected chi connectivity index (χ4v) is 6.54. The molecule has 0 aromatic heterocycles. The van der Waals surface area contributed by atoms with Crippen molar-refractivity contribution in [3.05, 3.63) is 59.7 Å². The monoisotopic (exact) mass is 438 g/mol. The SMILES string of the molecule is CC1(C)S[C@@H]2[C@H](NC(=O)OCC3c4ccccc4-c4ccccc43)C(=O)N2[C@H]1C(=O)O. The number of benzene rings is 2. The highest BCUT2D eigenvalue weighted by Gasteiger charge is 2.64. The van der Waals surface area contributed by atoms with E-state index in [1.54, 1.807) is 13.8 Å². The van der Waals surface area contributed by atoms with Gasteiger partial charge in [-0.15, -0.1) is 11.8 Å². The molecule has 2 aliphatic heterocycles. The first-order valence-corrected chi connectivity index (χ1v) is 11.0. The van der Waals surface area contributed by atoms with Crippen LogP contribution < -0.4 is 5.32 Å². The van der Waals surface area contributed by atoms with Gasteiger partial charge >= 0.3 is 12.1 Å². The van der Waals surface area contributed by atoms with Gasteiger partial charge in [-0.25, -0.2) is 9.59 Å². The molecule has 2 fully saturated rings. The number of carbonyl (C=O) groups excluding carboxylic acids is 2. The number of amides is 2. The summed E-state index contributed by atoms with van der Waals surface area (Å²) in [6.45, 7) is 3.75. The highest BCUT2D eigenvalue weighted by atomic mass is 32.2. The van der Waals surface area contributed by atoms with Crippen LogP contribution in [0.3, 0.4) is 0 Å². The number of nitrogens with one attached hydrogen (secondary N) is 1. The highest BCUT2D eigenvalue weighted by Crippen LogP contribution is 2.51. The third-order valence-electron chi connectivity index (χ3n) is 6.29. The minimum Gasteiger partial charge on any atom is -0.480 e. The Hall–Kier alpha value is -3.00. The largest absolute Gasteiger partial charge is 0.480 e. The van der Waals surface area contributed by atoms with Crippen molar-refractivity contribution < 1.29 is 24.2 Å². The molecule has 160 valence electrons. The maximum Gasteiger partial charge on any atom is 0.407 e. The van der Waals surface area contributed by atoms with Gasteiger partial charge in [-0.3, -0.25) is 4.79 Å². The predicted octanol–water partition coefficient (Wildman–Crippen LogP) is 3.04. The Morgan fingerprint density at radius 1 is 1.10 bits per heavy atom. The van der Waals surface area contributed by atoms with Crippen molar-refractivity contribution in [2.75, 3.05) is 6.61 Å². The molecule has 3 atom stereocenters. The Morgan fingerprint density at radius 3 is 2.26 bits per heavy atom. The summed E-state index contributed by atoms with van der Waals surface area (Å²) in [5.41, 5.74) is 4.50. The number of thioether (sulfide) groups is 1. The lowest BCUT2D eigenvalue weighted by Crippen LogP contribution is -2.70. The number of ether oxygens (including phenoxy) is 1. The molecule has 8 heteroatoms. The quantitative estimate of drug-likeness (QED) is 0.713. The summed E-state index contributed by atoms with van der Waals surface area (Å²) in [5.74, 6) is -1.49. The maximum atomic E-state index is 12.5. The van der Waals surface area contributed by atoms with Gasteiger partial charge in [0.25, 0.3) is 0 Å². The lowest BCUT2D eigenvalue weighted by Gasteiger charge is -2.43. The van der Waals surface area contributed by atoms with Gasteiger partial charge in [-0.2, -0.15) is 0 Å². The van der Waals surface area contributed by atoms with Crippen molar-refractivity contribution >= 4 is 29.7 Å². The Labute approximate surface area is 183 Å². The van der Waals surface area contributed by atoms with Crippen molar-refractivity contribution in [1.29, 1.82) is 0 Å². The van der Waals surface area contributed by atoms with Crippen molar-refractivity contribution in [2.45, 2.75) is 42.0 Å². The molecule has 5 rings (SSSR count). The first-order valence-electron chi connectivity index (χ1n) is 10.1. The molecule has 2 saturated heterocycles. The van der Waals surface area contributed by atoms with Crippen LogP contribution in [0.4, 0.5) is 4.79 Å². The third-order valence-corrected chi connectivity index (χ3v) is 7.86. The van der Waals surface area contributed by atoms with E-state index >= 15 is 0 Å². The molecule has 2 aromatic carbocycles. The maximum absolute atomic E-state index is 12.5. The summed E-state index contributed by atoms with van der Waals surface area (Å²) in [5, 5.41) is 11.7. The van der Waals surface area contributed by atoms with E-state index in [0.29, 0.717) is 0 Å². The van der Waals surface area contributed by atoms with Gasteiger partial charge in [-0.05, 0) is 36.1 Å². The number of alkyl carbamates (subject to hydrolysis) is 1. The first kappa shape index (κ1) is 19.9. The van der Waals surface area contributed by atoms with E-state index in [0.717, 1.165) is 22.3 Å². The molecule has 0 bridgehead atoms. The van der Waals surface area contributed by atoms with Crippen LogP contribution in [-0.4, -0.2) is 56.8 Å². The van der Waals surface area contributed by atoms with Gasteiger partial charge in [0.15, 0.2) is 0 Å². The van der Waals surface area contributed by atoms with Crippen molar-refractivity contribution in [3.8, 4) is 11.1 Å². The lowest BCUT2D eigenvalue weighted by atomic mass is 9.96. The van der Waals surface area contributed by atoms with E-state index in [-0.39, 0.29) is 18.4 Å². The van der Waals surface area contributed by atoms with Crippen LogP contribution in [0.2, 0.25) is 0 Å². The molecule has 7 nitrogen and oxygen atoms in total. The fraction of sp³-hybridized carbons (Fsp3) is 0.348. The number of carboxylic acid groups (broad SMARTS) is 1. The Kier molecular flexibility index (Phi) is 4.51. The first-order chi connectivity index (χ1) is 14.8. The summed E-state index contributed by atoms with van der Waals surface area (Å²) < 4.78 is 4.89. The number of hydrogen-bond donors (Lipinski definition) is 2. The van der Waals surface area contributed by atoms with Gasteiger partial charge in [0.2, 0.25) is 5.91 Å². The van der Waals surface area contributed by atoms with Crippen LogP contribution in [0.1, 0.15) is 30.9 Å².